The molecule has 0 spiro atoms. The molecule has 3 heterocycles. The summed E-state index contributed by atoms with van der Waals surface area (Å²) in [7, 11) is 1.76. The second-order valence-corrected chi connectivity index (χ2v) is 8.89. The van der Waals surface area contributed by atoms with Gasteiger partial charge in [0, 0.05) is 36.6 Å². The van der Waals surface area contributed by atoms with Crippen LogP contribution in [0.25, 0.3) is 0 Å². The maximum Gasteiger partial charge on any atom is 0.409 e. The fourth-order valence-corrected chi connectivity index (χ4v) is 5.39. The van der Waals surface area contributed by atoms with E-state index in [0.29, 0.717) is 38.1 Å². The first-order chi connectivity index (χ1) is 15.0. The van der Waals surface area contributed by atoms with Crippen molar-refractivity contribution in [1.29, 1.82) is 0 Å². The molecule has 1 fully saturated rings. The molecule has 4 rings (SSSR count). The number of likely N-dealkylation sites (tertiary alicyclic amines) is 1. The number of ether oxygens (including phenoxy) is 1. The van der Waals surface area contributed by atoms with Gasteiger partial charge in [-0.3, -0.25) is 9.59 Å². The molecule has 7 nitrogen and oxygen atoms in total. The summed E-state index contributed by atoms with van der Waals surface area (Å²) in [4.78, 5) is 42.8. The SMILES string of the molecule is CCOC(=O)N1CCC(NC(=O)[C@@H]2c3ccccc3C(=O)N(C)[C@@H]2c2cccs2)CC1. The summed E-state index contributed by atoms with van der Waals surface area (Å²) >= 11 is 1.55. The van der Waals surface area contributed by atoms with Crippen molar-refractivity contribution in [2.24, 2.45) is 0 Å². The van der Waals surface area contributed by atoms with Gasteiger partial charge < -0.3 is 19.9 Å². The predicted molar refractivity (Wildman–Crippen MR) is 118 cm³/mol. The van der Waals surface area contributed by atoms with Crippen molar-refractivity contribution in [2.75, 3.05) is 26.7 Å². The smallest absolute Gasteiger partial charge is 0.409 e. The average molecular weight is 442 g/mol. The van der Waals surface area contributed by atoms with Crippen molar-refractivity contribution in [3.05, 3.63) is 57.8 Å². The van der Waals surface area contributed by atoms with Gasteiger partial charge in [-0.15, -0.1) is 11.3 Å². The zero-order valence-corrected chi connectivity index (χ0v) is 18.6. The second-order valence-electron chi connectivity index (χ2n) is 7.91. The Balaban J connectivity index is 1.55. The minimum absolute atomic E-state index is 0.0164. The van der Waals surface area contributed by atoms with E-state index in [1.54, 1.807) is 41.2 Å². The van der Waals surface area contributed by atoms with Crippen LogP contribution in [0.3, 0.4) is 0 Å². The van der Waals surface area contributed by atoms with Crippen LogP contribution in [0, 0.1) is 0 Å². The average Bonchev–Trinajstić information content (AvgIpc) is 3.31. The molecule has 1 saturated heterocycles. The number of hydrogen-bond donors (Lipinski definition) is 1. The van der Waals surface area contributed by atoms with E-state index in [9.17, 15) is 14.4 Å². The van der Waals surface area contributed by atoms with Crippen LogP contribution in [0.5, 0.6) is 0 Å². The normalized spacial score (nSPS) is 21.5. The molecule has 0 saturated carbocycles. The molecule has 2 aromatic rings. The molecule has 1 N–H and O–H groups in total. The van der Waals surface area contributed by atoms with Crippen molar-refractivity contribution >= 4 is 29.2 Å². The number of carbonyl (C=O) groups excluding carboxylic acids is 3. The summed E-state index contributed by atoms with van der Waals surface area (Å²) in [5.41, 5.74) is 1.35. The van der Waals surface area contributed by atoms with E-state index in [4.69, 9.17) is 4.74 Å². The first-order valence-electron chi connectivity index (χ1n) is 10.6. The molecule has 1 aromatic carbocycles. The van der Waals surface area contributed by atoms with Crippen LogP contribution in [0.4, 0.5) is 4.79 Å². The summed E-state index contributed by atoms with van der Waals surface area (Å²) in [6, 6.07) is 10.9. The Kier molecular flexibility index (Phi) is 6.27. The minimum atomic E-state index is -0.486. The van der Waals surface area contributed by atoms with Gasteiger partial charge in [0.15, 0.2) is 0 Å². The van der Waals surface area contributed by atoms with E-state index >= 15 is 0 Å². The number of nitrogens with one attached hydrogen (secondary N) is 1. The quantitative estimate of drug-likeness (QED) is 0.789. The maximum absolute atomic E-state index is 13.6. The lowest BCUT2D eigenvalue weighted by Gasteiger charge is -2.40. The van der Waals surface area contributed by atoms with Crippen LogP contribution in [0.2, 0.25) is 0 Å². The molecule has 2 atom stereocenters. The number of likely N-dealkylation sites (N-methyl/N-ethyl adjacent to an activating group) is 1. The minimum Gasteiger partial charge on any atom is -0.450 e. The van der Waals surface area contributed by atoms with Gasteiger partial charge in [-0.2, -0.15) is 0 Å². The molecule has 0 bridgehead atoms. The summed E-state index contributed by atoms with van der Waals surface area (Å²) in [5, 5.41) is 5.16. The molecule has 3 amide bonds. The lowest BCUT2D eigenvalue weighted by molar-refractivity contribution is -0.125. The zero-order valence-electron chi connectivity index (χ0n) is 17.7. The maximum atomic E-state index is 13.6. The number of nitrogens with zero attached hydrogens (tertiary/aromatic N) is 2. The van der Waals surface area contributed by atoms with Gasteiger partial charge in [-0.25, -0.2) is 4.79 Å². The Morgan fingerprint density at radius 1 is 1.16 bits per heavy atom. The molecule has 8 heteroatoms. The van der Waals surface area contributed by atoms with Crippen molar-refractivity contribution in [3.63, 3.8) is 0 Å². The summed E-state index contributed by atoms with van der Waals surface area (Å²) in [5.74, 6) is -0.638. The summed E-state index contributed by atoms with van der Waals surface area (Å²) < 4.78 is 5.07. The summed E-state index contributed by atoms with van der Waals surface area (Å²) in [6.07, 6.45) is 1.06. The van der Waals surface area contributed by atoms with Crippen molar-refractivity contribution in [2.45, 2.75) is 37.8 Å². The van der Waals surface area contributed by atoms with Gasteiger partial charge in [0.05, 0.1) is 18.6 Å². The third-order valence-corrected chi connectivity index (χ3v) is 7.01. The molecular weight excluding hydrogens is 414 g/mol. The number of fused-ring (bicyclic) bond motifs is 1. The van der Waals surface area contributed by atoms with E-state index in [0.717, 1.165) is 10.4 Å². The van der Waals surface area contributed by atoms with Crippen molar-refractivity contribution in [1.82, 2.24) is 15.1 Å². The highest BCUT2D eigenvalue weighted by Gasteiger charge is 2.43. The Labute approximate surface area is 186 Å². The number of amides is 3. The fourth-order valence-electron chi connectivity index (χ4n) is 4.48. The number of thiophene rings is 1. The van der Waals surface area contributed by atoms with Gasteiger partial charge in [-0.1, -0.05) is 24.3 Å². The van der Waals surface area contributed by atoms with Crippen molar-refractivity contribution in [3.8, 4) is 0 Å². The fraction of sp³-hybridized carbons (Fsp3) is 0.435. The van der Waals surface area contributed by atoms with E-state index in [1.807, 2.05) is 35.7 Å². The third-order valence-electron chi connectivity index (χ3n) is 6.06. The van der Waals surface area contributed by atoms with Crippen LogP contribution >= 0.6 is 11.3 Å². The van der Waals surface area contributed by atoms with Crippen LogP contribution < -0.4 is 5.32 Å². The highest BCUT2D eigenvalue weighted by molar-refractivity contribution is 7.10. The summed E-state index contributed by atoms with van der Waals surface area (Å²) in [6.45, 7) is 3.25. The van der Waals surface area contributed by atoms with Crippen LogP contribution in [0.15, 0.2) is 41.8 Å². The largest absolute Gasteiger partial charge is 0.450 e. The monoisotopic (exact) mass is 441 g/mol. The molecule has 164 valence electrons. The zero-order chi connectivity index (χ0) is 22.0. The number of rotatable bonds is 4. The van der Waals surface area contributed by atoms with Crippen LogP contribution in [-0.4, -0.2) is 60.5 Å². The van der Waals surface area contributed by atoms with Crippen molar-refractivity contribution < 1.29 is 19.1 Å². The first-order valence-corrected chi connectivity index (χ1v) is 11.5. The van der Waals surface area contributed by atoms with E-state index < -0.39 is 5.92 Å². The van der Waals surface area contributed by atoms with E-state index in [2.05, 4.69) is 5.32 Å². The van der Waals surface area contributed by atoms with Gasteiger partial charge in [0.1, 0.15) is 0 Å². The standard InChI is InChI=1S/C23H27N3O4S/c1-3-30-23(29)26-12-10-15(11-13-26)24-21(27)19-16-7-4-5-8-17(16)22(28)25(2)20(19)18-9-6-14-31-18/h4-9,14-15,19-20H,3,10-13H2,1-2H3,(H,24,27)/t19-,20-/m1/s1. The molecule has 0 radical (unpaired) electrons. The molecule has 1 aromatic heterocycles. The third kappa shape index (κ3) is 4.17. The lowest BCUT2D eigenvalue weighted by Crippen LogP contribution is -2.50. The number of benzene rings is 1. The Bertz CT molecular complexity index is 953. The predicted octanol–water partition coefficient (Wildman–Crippen LogP) is 3.40. The van der Waals surface area contributed by atoms with Gasteiger partial charge in [0.25, 0.3) is 5.91 Å². The second kappa shape index (κ2) is 9.09. The number of hydrogen-bond acceptors (Lipinski definition) is 5. The topological polar surface area (TPSA) is 79.0 Å². The molecule has 2 aliphatic heterocycles. The Morgan fingerprint density at radius 2 is 1.90 bits per heavy atom. The molecular formula is C23H27N3O4S. The molecule has 0 aliphatic carbocycles. The molecule has 0 unspecified atom stereocenters. The molecule has 2 aliphatic rings. The number of piperidine rings is 1. The Morgan fingerprint density at radius 3 is 2.58 bits per heavy atom. The van der Waals surface area contributed by atoms with Gasteiger partial charge in [-0.05, 0) is 42.8 Å². The van der Waals surface area contributed by atoms with Crippen LogP contribution in [0.1, 0.15) is 52.5 Å². The van der Waals surface area contributed by atoms with Gasteiger partial charge in [0.2, 0.25) is 5.91 Å². The first kappa shape index (κ1) is 21.4. The molecule has 31 heavy (non-hydrogen) atoms. The highest BCUT2D eigenvalue weighted by Crippen LogP contribution is 2.43. The van der Waals surface area contributed by atoms with Crippen LogP contribution in [-0.2, 0) is 9.53 Å². The van der Waals surface area contributed by atoms with E-state index in [1.165, 1.54) is 0 Å². The Hall–Kier alpha value is -2.87. The van der Waals surface area contributed by atoms with E-state index in [-0.39, 0.29) is 30.0 Å². The lowest BCUT2D eigenvalue weighted by atomic mass is 9.81. The highest BCUT2D eigenvalue weighted by atomic mass is 32.1. The van der Waals surface area contributed by atoms with Gasteiger partial charge >= 0.3 is 6.09 Å². The number of carbonyl (C=O) groups is 3.